The van der Waals surface area contributed by atoms with Crippen LogP contribution < -0.4 is 10.9 Å². The first-order valence-electron chi connectivity index (χ1n) is 8.40. The molecule has 0 saturated heterocycles. The lowest BCUT2D eigenvalue weighted by atomic mass is 10.0. The van der Waals surface area contributed by atoms with E-state index in [4.69, 9.17) is 0 Å². The molecule has 0 radical (unpaired) electrons. The molecule has 2 heterocycles. The van der Waals surface area contributed by atoms with Crippen molar-refractivity contribution in [1.82, 2.24) is 15.0 Å². The molecule has 0 fully saturated rings. The van der Waals surface area contributed by atoms with Crippen LogP contribution in [0.15, 0.2) is 65.6 Å². The van der Waals surface area contributed by atoms with E-state index in [1.807, 2.05) is 62.4 Å². The predicted octanol–water partition coefficient (Wildman–Crippen LogP) is 4.35. The molecule has 0 aliphatic heterocycles. The van der Waals surface area contributed by atoms with E-state index in [0.717, 1.165) is 22.4 Å². The lowest BCUT2D eigenvalue weighted by molar-refractivity contribution is 1.14. The Morgan fingerprint density at radius 1 is 1.00 bits per heavy atom. The van der Waals surface area contributed by atoms with Crippen molar-refractivity contribution in [2.24, 2.45) is 0 Å². The van der Waals surface area contributed by atoms with Gasteiger partial charge in [-0.2, -0.15) is 4.98 Å². The average molecular weight is 342 g/mol. The van der Waals surface area contributed by atoms with Gasteiger partial charge in [0.25, 0.3) is 5.56 Å². The van der Waals surface area contributed by atoms with Crippen molar-refractivity contribution in [3.05, 3.63) is 82.3 Å². The second-order valence-corrected chi connectivity index (χ2v) is 6.28. The summed E-state index contributed by atoms with van der Waals surface area (Å²) in [5.74, 6) is 0.382. The number of H-pyrrole nitrogens is 1. The molecule has 0 aliphatic carbocycles. The number of anilines is 2. The Morgan fingerprint density at radius 2 is 1.81 bits per heavy atom. The maximum atomic E-state index is 12.7. The molecule has 4 aromatic rings. The van der Waals surface area contributed by atoms with Crippen LogP contribution in [0.2, 0.25) is 0 Å². The summed E-state index contributed by atoms with van der Waals surface area (Å²) in [4.78, 5) is 24.4. The number of hydrogen-bond donors (Lipinski definition) is 2. The minimum absolute atomic E-state index is 0.214. The van der Waals surface area contributed by atoms with E-state index >= 15 is 0 Å². The van der Waals surface area contributed by atoms with Crippen LogP contribution in [-0.4, -0.2) is 15.0 Å². The largest absolute Gasteiger partial charge is 0.325 e. The summed E-state index contributed by atoms with van der Waals surface area (Å²) in [5.41, 5.74) is 5.15. The van der Waals surface area contributed by atoms with E-state index in [2.05, 4.69) is 26.3 Å². The second kappa shape index (κ2) is 6.44. The number of aromatic nitrogens is 3. The van der Waals surface area contributed by atoms with Gasteiger partial charge in [-0.25, -0.2) is 4.98 Å². The molecule has 4 rings (SSSR count). The Morgan fingerprint density at radius 3 is 2.58 bits per heavy atom. The molecule has 0 amide bonds. The van der Waals surface area contributed by atoms with Gasteiger partial charge in [0.1, 0.15) is 0 Å². The van der Waals surface area contributed by atoms with Gasteiger partial charge in [-0.3, -0.25) is 9.78 Å². The third kappa shape index (κ3) is 2.95. The summed E-state index contributed by atoms with van der Waals surface area (Å²) in [6.07, 6.45) is 1.68. The fourth-order valence-electron chi connectivity index (χ4n) is 3.06. The topological polar surface area (TPSA) is 70.7 Å². The highest BCUT2D eigenvalue weighted by molar-refractivity contribution is 5.92. The van der Waals surface area contributed by atoms with E-state index in [1.54, 1.807) is 6.20 Å². The van der Waals surface area contributed by atoms with Crippen LogP contribution in [-0.2, 0) is 0 Å². The van der Waals surface area contributed by atoms with Crippen molar-refractivity contribution in [3.63, 3.8) is 0 Å². The van der Waals surface area contributed by atoms with Crippen molar-refractivity contribution >= 4 is 22.7 Å². The molecule has 5 nitrogen and oxygen atoms in total. The maximum Gasteiger partial charge on any atom is 0.262 e. The molecule has 0 unspecified atom stereocenters. The Balaban J connectivity index is 1.82. The first-order chi connectivity index (χ1) is 12.6. The van der Waals surface area contributed by atoms with Crippen LogP contribution in [0.3, 0.4) is 0 Å². The molecule has 0 spiro atoms. The van der Waals surface area contributed by atoms with Gasteiger partial charge in [0.2, 0.25) is 5.95 Å². The van der Waals surface area contributed by atoms with Crippen LogP contribution in [0.1, 0.15) is 11.1 Å². The highest BCUT2D eigenvalue weighted by Gasteiger charge is 2.11. The van der Waals surface area contributed by atoms with Crippen molar-refractivity contribution in [2.45, 2.75) is 13.8 Å². The monoisotopic (exact) mass is 342 g/mol. The second-order valence-electron chi connectivity index (χ2n) is 6.28. The van der Waals surface area contributed by atoms with Gasteiger partial charge in [0.15, 0.2) is 5.65 Å². The number of hydrogen-bond acceptors (Lipinski definition) is 4. The first kappa shape index (κ1) is 16.0. The van der Waals surface area contributed by atoms with Gasteiger partial charge in [-0.05, 0) is 42.7 Å². The highest BCUT2D eigenvalue weighted by Crippen LogP contribution is 2.25. The van der Waals surface area contributed by atoms with E-state index in [0.29, 0.717) is 17.0 Å². The third-order valence-electron chi connectivity index (χ3n) is 4.33. The number of fused-ring (bicyclic) bond motifs is 1. The number of aryl methyl sites for hydroxylation is 2. The smallest absolute Gasteiger partial charge is 0.262 e. The molecule has 2 aromatic carbocycles. The van der Waals surface area contributed by atoms with Crippen LogP contribution >= 0.6 is 0 Å². The quantitative estimate of drug-likeness (QED) is 0.581. The van der Waals surface area contributed by atoms with Crippen molar-refractivity contribution in [1.29, 1.82) is 0 Å². The van der Waals surface area contributed by atoms with Gasteiger partial charge in [0, 0.05) is 11.9 Å². The molecular formula is C21H18N4O. The summed E-state index contributed by atoms with van der Waals surface area (Å²) < 4.78 is 0. The van der Waals surface area contributed by atoms with Crippen molar-refractivity contribution in [3.8, 4) is 11.1 Å². The number of rotatable bonds is 3. The minimum Gasteiger partial charge on any atom is -0.325 e. The zero-order valence-corrected chi connectivity index (χ0v) is 14.6. The summed E-state index contributed by atoms with van der Waals surface area (Å²) >= 11 is 0. The van der Waals surface area contributed by atoms with Crippen molar-refractivity contribution < 1.29 is 0 Å². The van der Waals surface area contributed by atoms with Crippen LogP contribution in [0, 0.1) is 13.8 Å². The van der Waals surface area contributed by atoms with E-state index in [1.165, 1.54) is 5.56 Å². The molecule has 26 heavy (non-hydrogen) atoms. The molecule has 0 atom stereocenters. The summed E-state index contributed by atoms with van der Waals surface area (Å²) in [7, 11) is 0. The molecule has 0 bridgehead atoms. The summed E-state index contributed by atoms with van der Waals surface area (Å²) in [6, 6.07) is 17.7. The standard InChI is InChI=1S/C21H18N4O/c1-13-8-9-17(14(2)12-13)23-21-24-19-18(20(26)25-21)16(10-11-22-19)15-6-4-3-5-7-15/h3-12H,1-2H3,(H2,22,23,24,25,26). The maximum absolute atomic E-state index is 12.7. The molecule has 2 aromatic heterocycles. The molecule has 0 aliphatic rings. The SMILES string of the molecule is Cc1ccc(Nc2nc3nccc(-c4ccccc4)c3c(=O)[nH]2)c(C)c1. The van der Waals surface area contributed by atoms with Crippen molar-refractivity contribution in [2.75, 3.05) is 5.32 Å². The first-order valence-corrected chi connectivity index (χ1v) is 8.40. The zero-order chi connectivity index (χ0) is 18.1. The predicted molar refractivity (Wildman–Crippen MR) is 105 cm³/mol. The number of aromatic amines is 1. The number of nitrogens with one attached hydrogen (secondary N) is 2. The van der Waals surface area contributed by atoms with Gasteiger partial charge >= 0.3 is 0 Å². The number of benzene rings is 2. The Labute approximate surface area is 150 Å². The fraction of sp³-hybridized carbons (Fsp3) is 0.0952. The Hall–Kier alpha value is -3.47. The van der Waals surface area contributed by atoms with Gasteiger partial charge in [-0.15, -0.1) is 0 Å². The van der Waals surface area contributed by atoms with Crippen LogP contribution in [0.5, 0.6) is 0 Å². The summed E-state index contributed by atoms with van der Waals surface area (Å²) in [6.45, 7) is 4.06. The zero-order valence-electron chi connectivity index (χ0n) is 14.6. The number of nitrogens with zero attached hydrogens (tertiary/aromatic N) is 2. The van der Waals surface area contributed by atoms with E-state index < -0.39 is 0 Å². The normalized spacial score (nSPS) is 10.8. The van der Waals surface area contributed by atoms with Gasteiger partial charge in [0.05, 0.1) is 5.39 Å². The lowest BCUT2D eigenvalue weighted by Gasteiger charge is -2.11. The third-order valence-corrected chi connectivity index (χ3v) is 4.33. The average Bonchev–Trinajstić information content (AvgIpc) is 2.64. The minimum atomic E-state index is -0.214. The van der Waals surface area contributed by atoms with Crippen LogP contribution in [0.4, 0.5) is 11.6 Å². The molecule has 2 N–H and O–H groups in total. The van der Waals surface area contributed by atoms with Gasteiger partial charge in [-0.1, -0.05) is 48.0 Å². The molecular weight excluding hydrogens is 324 g/mol. The Bertz CT molecular complexity index is 1150. The highest BCUT2D eigenvalue weighted by atomic mass is 16.1. The van der Waals surface area contributed by atoms with Crippen LogP contribution in [0.25, 0.3) is 22.2 Å². The molecule has 5 heteroatoms. The molecule has 128 valence electrons. The van der Waals surface area contributed by atoms with Gasteiger partial charge < -0.3 is 5.32 Å². The van der Waals surface area contributed by atoms with E-state index in [9.17, 15) is 4.79 Å². The summed E-state index contributed by atoms with van der Waals surface area (Å²) in [5, 5.41) is 3.68. The fourth-order valence-corrected chi connectivity index (χ4v) is 3.06. The van der Waals surface area contributed by atoms with E-state index in [-0.39, 0.29) is 5.56 Å². The molecule has 0 saturated carbocycles. The lowest BCUT2D eigenvalue weighted by Crippen LogP contribution is -2.13. The number of pyridine rings is 1. The Kier molecular flexibility index (Phi) is 3.97.